The highest BCUT2D eigenvalue weighted by Gasteiger charge is 2.23. The number of nitrogens with one attached hydrogen (secondary N) is 2. The first-order valence-corrected chi connectivity index (χ1v) is 9.22. The van der Waals surface area contributed by atoms with Crippen molar-refractivity contribution < 1.29 is 9.90 Å². The molecule has 1 aliphatic heterocycles. The third kappa shape index (κ3) is 3.43. The van der Waals surface area contributed by atoms with E-state index in [9.17, 15) is 9.90 Å². The number of phenols is 1. The smallest absolute Gasteiger partial charge is 0.251 e. The molecular weight excluding hydrogens is 326 g/mol. The molecule has 5 heteroatoms. The number of nitrogens with zero attached hydrogens (tertiary/aromatic N) is 1. The maximum Gasteiger partial charge on any atom is 0.251 e. The third-order valence-electron chi connectivity index (χ3n) is 5.24. The summed E-state index contributed by atoms with van der Waals surface area (Å²) in [4.78, 5) is 12.3. The zero-order chi connectivity index (χ0) is 17.9. The highest BCUT2D eigenvalue weighted by atomic mass is 16.3. The van der Waals surface area contributed by atoms with Crippen molar-refractivity contribution in [3.05, 3.63) is 65.2 Å². The maximum absolute atomic E-state index is 12.3. The molecule has 4 rings (SSSR count). The van der Waals surface area contributed by atoms with Gasteiger partial charge < -0.3 is 15.8 Å². The number of para-hydroxylation sites is 1. The molecule has 1 amide bonds. The Kier molecular flexibility index (Phi) is 4.61. The minimum absolute atomic E-state index is 0.00187. The molecule has 0 radical (unpaired) electrons. The van der Waals surface area contributed by atoms with Gasteiger partial charge >= 0.3 is 0 Å². The topological polar surface area (TPSA) is 73.7 Å². The number of carbonyl (C=O) groups excluding carboxylic acids is 1. The number of rotatable bonds is 4. The van der Waals surface area contributed by atoms with E-state index in [2.05, 4.69) is 15.8 Å². The molecule has 3 N–H and O–H groups in total. The summed E-state index contributed by atoms with van der Waals surface area (Å²) in [5, 5.41) is 17.5. The Hall–Kier alpha value is -2.82. The van der Waals surface area contributed by atoms with Crippen LogP contribution in [0.1, 0.15) is 59.6 Å². The van der Waals surface area contributed by atoms with Gasteiger partial charge in [-0.3, -0.25) is 4.79 Å². The van der Waals surface area contributed by atoms with Crippen molar-refractivity contribution in [2.24, 2.45) is 5.10 Å². The van der Waals surface area contributed by atoms with Crippen LogP contribution in [0.4, 0.5) is 0 Å². The SMILES string of the molecule is O=C(NC1CCCC1)c1ccc(C2=NNC(c3ccccc3O)C2)cc1. The summed E-state index contributed by atoms with van der Waals surface area (Å²) in [5.74, 6) is 0.280. The third-order valence-corrected chi connectivity index (χ3v) is 5.24. The van der Waals surface area contributed by atoms with Crippen LogP contribution in [0.25, 0.3) is 0 Å². The second-order valence-corrected chi connectivity index (χ2v) is 7.04. The molecule has 5 nitrogen and oxygen atoms in total. The first kappa shape index (κ1) is 16.6. The quantitative estimate of drug-likeness (QED) is 0.791. The van der Waals surface area contributed by atoms with Crippen LogP contribution in [-0.2, 0) is 0 Å². The lowest BCUT2D eigenvalue weighted by molar-refractivity contribution is 0.0938. The molecule has 134 valence electrons. The van der Waals surface area contributed by atoms with Crippen molar-refractivity contribution in [3.63, 3.8) is 0 Å². The summed E-state index contributed by atoms with van der Waals surface area (Å²) < 4.78 is 0. The van der Waals surface area contributed by atoms with Crippen LogP contribution in [0.3, 0.4) is 0 Å². The van der Waals surface area contributed by atoms with E-state index >= 15 is 0 Å². The van der Waals surface area contributed by atoms with E-state index in [1.54, 1.807) is 6.07 Å². The Morgan fingerprint density at radius 2 is 1.81 bits per heavy atom. The normalized spacial score (nSPS) is 19.8. The molecule has 1 saturated carbocycles. The lowest BCUT2D eigenvalue weighted by Crippen LogP contribution is -2.32. The molecule has 1 fully saturated rings. The minimum Gasteiger partial charge on any atom is -0.508 e. The van der Waals surface area contributed by atoms with Gasteiger partial charge in [0, 0.05) is 23.6 Å². The molecule has 26 heavy (non-hydrogen) atoms. The van der Waals surface area contributed by atoms with Crippen LogP contribution >= 0.6 is 0 Å². The van der Waals surface area contributed by atoms with E-state index in [1.807, 2.05) is 42.5 Å². The monoisotopic (exact) mass is 349 g/mol. The van der Waals surface area contributed by atoms with Crippen molar-refractivity contribution in [3.8, 4) is 5.75 Å². The number of benzene rings is 2. The number of carbonyl (C=O) groups is 1. The van der Waals surface area contributed by atoms with Crippen molar-refractivity contribution >= 4 is 11.6 Å². The predicted molar refractivity (Wildman–Crippen MR) is 101 cm³/mol. The summed E-state index contributed by atoms with van der Waals surface area (Å²) in [6.45, 7) is 0. The second-order valence-electron chi connectivity index (χ2n) is 7.04. The fourth-order valence-corrected chi connectivity index (χ4v) is 3.74. The van der Waals surface area contributed by atoms with Gasteiger partial charge in [-0.1, -0.05) is 43.2 Å². The molecule has 2 aromatic carbocycles. The molecular formula is C21H23N3O2. The first-order chi connectivity index (χ1) is 12.7. The van der Waals surface area contributed by atoms with Crippen LogP contribution < -0.4 is 10.7 Å². The predicted octanol–water partition coefficient (Wildman–Crippen LogP) is 3.50. The summed E-state index contributed by atoms with van der Waals surface area (Å²) in [6.07, 6.45) is 5.27. The van der Waals surface area contributed by atoms with Gasteiger partial charge in [0.2, 0.25) is 0 Å². The van der Waals surface area contributed by atoms with E-state index in [1.165, 1.54) is 12.8 Å². The average molecular weight is 349 g/mol. The number of phenolic OH excluding ortho intramolecular Hbond substituents is 1. The molecule has 0 aromatic heterocycles. The average Bonchev–Trinajstić information content (AvgIpc) is 3.34. The minimum atomic E-state index is -0.0310. The zero-order valence-electron chi connectivity index (χ0n) is 14.6. The number of hydrogen-bond acceptors (Lipinski definition) is 4. The van der Waals surface area contributed by atoms with Gasteiger partial charge in [-0.25, -0.2) is 0 Å². The standard InChI is InChI=1S/C21H23N3O2/c25-20-8-4-3-7-17(20)19-13-18(23-24-19)14-9-11-15(12-10-14)21(26)22-16-5-1-2-6-16/h3-4,7-12,16,19,24-25H,1-2,5-6,13H2,(H,22,26). The van der Waals surface area contributed by atoms with Crippen LogP contribution in [0.15, 0.2) is 53.6 Å². The summed E-state index contributed by atoms with van der Waals surface area (Å²) in [6, 6.07) is 15.2. The Bertz CT molecular complexity index is 823. The van der Waals surface area contributed by atoms with Gasteiger partial charge in [0.15, 0.2) is 0 Å². The Morgan fingerprint density at radius 1 is 1.08 bits per heavy atom. The lowest BCUT2D eigenvalue weighted by atomic mass is 9.98. The molecule has 0 bridgehead atoms. The van der Waals surface area contributed by atoms with Crippen molar-refractivity contribution in [1.82, 2.24) is 10.7 Å². The largest absolute Gasteiger partial charge is 0.508 e. The molecule has 1 heterocycles. The van der Waals surface area contributed by atoms with Gasteiger partial charge in [-0.2, -0.15) is 5.10 Å². The van der Waals surface area contributed by atoms with Gasteiger partial charge in [0.1, 0.15) is 5.75 Å². The van der Waals surface area contributed by atoms with Crippen molar-refractivity contribution in [1.29, 1.82) is 0 Å². The molecule has 0 saturated heterocycles. The lowest BCUT2D eigenvalue weighted by Gasteiger charge is -2.12. The molecule has 1 unspecified atom stereocenters. The zero-order valence-corrected chi connectivity index (χ0v) is 14.6. The van der Waals surface area contributed by atoms with Gasteiger partial charge in [-0.05, 0) is 36.6 Å². The van der Waals surface area contributed by atoms with Crippen LogP contribution in [-0.4, -0.2) is 22.8 Å². The molecule has 1 aliphatic carbocycles. The van der Waals surface area contributed by atoms with E-state index < -0.39 is 0 Å². The highest BCUT2D eigenvalue weighted by Crippen LogP contribution is 2.30. The Morgan fingerprint density at radius 3 is 2.54 bits per heavy atom. The van der Waals surface area contributed by atoms with E-state index in [4.69, 9.17) is 0 Å². The molecule has 1 atom stereocenters. The van der Waals surface area contributed by atoms with Crippen molar-refractivity contribution in [2.75, 3.05) is 0 Å². The van der Waals surface area contributed by atoms with E-state index in [0.717, 1.165) is 29.7 Å². The van der Waals surface area contributed by atoms with E-state index in [-0.39, 0.29) is 17.7 Å². The van der Waals surface area contributed by atoms with Gasteiger partial charge in [0.05, 0.1) is 11.8 Å². The van der Waals surface area contributed by atoms with Crippen LogP contribution in [0, 0.1) is 0 Å². The van der Waals surface area contributed by atoms with Crippen LogP contribution in [0.5, 0.6) is 5.75 Å². The first-order valence-electron chi connectivity index (χ1n) is 9.22. The summed E-state index contributed by atoms with van der Waals surface area (Å²) in [5.41, 5.74) is 6.55. The van der Waals surface area contributed by atoms with Crippen molar-refractivity contribution in [2.45, 2.75) is 44.2 Å². The van der Waals surface area contributed by atoms with Gasteiger partial charge in [-0.15, -0.1) is 0 Å². The Balaban J connectivity index is 1.41. The fourth-order valence-electron chi connectivity index (χ4n) is 3.74. The number of amides is 1. The molecule has 2 aromatic rings. The summed E-state index contributed by atoms with van der Waals surface area (Å²) >= 11 is 0. The number of hydrazone groups is 1. The number of aromatic hydroxyl groups is 1. The molecule has 0 spiro atoms. The Labute approximate surface area is 153 Å². The molecule has 2 aliphatic rings. The number of hydrogen-bond donors (Lipinski definition) is 3. The maximum atomic E-state index is 12.3. The van der Waals surface area contributed by atoms with E-state index in [0.29, 0.717) is 18.0 Å². The fraction of sp³-hybridized carbons (Fsp3) is 0.333. The van der Waals surface area contributed by atoms with Gasteiger partial charge in [0.25, 0.3) is 5.91 Å². The summed E-state index contributed by atoms with van der Waals surface area (Å²) in [7, 11) is 0. The second kappa shape index (κ2) is 7.20. The highest BCUT2D eigenvalue weighted by molar-refractivity contribution is 6.03. The van der Waals surface area contributed by atoms with Crippen LogP contribution in [0.2, 0.25) is 0 Å².